The summed E-state index contributed by atoms with van der Waals surface area (Å²) in [4.78, 5) is 40.1. The van der Waals surface area contributed by atoms with Crippen LogP contribution in [-0.2, 0) is 29.6 Å². The molecular weight excluding hydrogens is 622 g/mol. The second kappa shape index (κ2) is 13.7. The summed E-state index contributed by atoms with van der Waals surface area (Å²) in [6.45, 7) is 3.89. The zero-order valence-corrected chi connectivity index (χ0v) is 27.6. The van der Waals surface area contributed by atoms with Crippen LogP contribution < -0.4 is 16.7 Å². The molecule has 3 aromatic heterocycles. The number of imidazole rings is 1. The van der Waals surface area contributed by atoms with Crippen LogP contribution in [0.3, 0.4) is 0 Å². The number of hydrogen-bond donors (Lipinski definition) is 3. The maximum Gasteiger partial charge on any atom is 0.329 e. The molecule has 2 aliphatic rings. The van der Waals surface area contributed by atoms with Gasteiger partial charge in [-0.1, -0.05) is 24.3 Å². The molecule has 2 atom stereocenters. The standard InChI is InChI=1S/C36H41N9O4/c1-42-33-24(10-6-12-29(33)45(36(42)49)30-14-15-32(47)39-35(30)48)9-4-5-16-43-17-7-8-23(20-43)21-44-22-25(19-38-44)27-18-28(40-41-34(27)37)26-11-2-3-13-31(26)46/h2-3,6,10-13,18-19,22-23,30,46H,4-5,7-9,14-17,20-21H2,1H3,(H2,37,41)(H,39,47,48)/t23-,30?/m1/s1. The number of aryl methyl sites for hydroxylation is 2. The van der Waals surface area contributed by atoms with Crippen LogP contribution in [-0.4, -0.2) is 70.6 Å². The molecule has 0 aliphatic carbocycles. The van der Waals surface area contributed by atoms with E-state index in [9.17, 15) is 19.5 Å². The van der Waals surface area contributed by atoms with E-state index in [1.807, 2.05) is 35.1 Å². The average molecular weight is 664 g/mol. The predicted octanol–water partition coefficient (Wildman–Crippen LogP) is 3.66. The van der Waals surface area contributed by atoms with Crippen molar-refractivity contribution in [2.75, 3.05) is 25.4 Å². The van der Waals surface area contributed by atoms with Gasteiger partial charge in [0.2, 0.25) is 11.8 Å². The number of nitrogens with one attached hydrogen (secondary N) is 1. The number of nitrogen functional groups attached to an aromatic ring is 1. The SMILES string of the molecule is Cn1c(=O)n(C2CCC(=O)NC2=O)c2cccc(CCCCN3CCC[C@@H](Cn4cc(-c5cc(-c6ccccc6O)nnc5N)cn4)C3)c21. The van der Waals surface area contributed by atoms with E-state index < -0.39 is 11.9 Å². The number of likely N-dealkylation sites (tertiary alicyclic amines) is 1. The van der Waals surface area contributed by atoms with Crippen molar-refractivity contribution in [2.45, 2.75) is 57.5 Å². The Labute approximate surface area is 283 Å². The number of carbonyl (C=O) groups excluding carboxylic acids is 2. The van der Waals surface area contributed by atoms with E-state index in [0.717, 1.165) is 86.0 Å². The molecule has 1 unspecified atom stereocenters. The highest BCUT2D eigenvalue weighted by Crippen LogP contribution is 2.32. The number of para-hydroxylation sites is 2. The summed E-state index contributed by atoms with van der Waals surface area (Å²) in [6.07, 6.45) is 9.47. The summed E-state index contributed by atoms with van der Waals surface area (Å²) in [5.41, 5.74) is 11.4. The molecule has 13 heteroatoms. The summed E-state index contributed by atoms with van der Waals surface area (Å²) in [5, 5.41) is 25.6. The highest BCUT2D eigenvalue weighted by Gasteiger charge is 2.31. The summed E-state index contributed by atoms with van der Waals surface area (Å²) in [5.74, 6) is 0.209. The number of nitrogens with zero attached hydrogens (tertiary/aromatic N) is 7. The number of benzene rings is 2. The quantitative estimate of drug-likeness (QED) is 0.149. The van der Waals surface area contributed by atoms with Gasteiger partial charge in [-0.2, -0.15) is 5.10 Å². The van der Waals surface area contributed by atoms with Crippen LogP contribution in [0.4, 0.5) is 5.82 Å². The minimum absolute atomic E-state index is 0.135. The highest BCUT2D eigenvalue weighted by atomic mass is 16.3. The van der Waals surface area contributed by atoms with Crippen LogP contribution in [0.5, 0.6) is 5.75 Å². The third-order valence-corrected chi connectivity index (χ3v) is 9.87. The van der Waals surface area contributed by atoms with E-state index in [0.29, 0.717) is 29.4 Å². The molecule has 2 amide bonds. The van der Waals surface area contributed by atoms with Crippen LogP contribution in [0.1, 0.15) is 50.1 Å². The molecular formula is C36H41N9O4. The molecule has 7 rings (SSSR count). The van der Waals surface area contributed by atoms with Gasteiger partial charge in [0.05, 0.1) is 22.9 Å². The molecule has 4 N–H and O–H groups in total. The van der Waals surface area contributed by atoms with Gasteiger partial charge in [0.25, 0.3) is 0 Å². The van der Waals surface area contributed by atoms with Gasteiger partial charge in [0.1, 0.15) is 11.8 Å². The molecule has 2 saturated heterocycles. The van der Waals surface area contributed by atoms with Crippen LogP contribution in [0.2, 0.25) is 0 Å². The normalized spacial score (nSPS) is 18.6. The molecule has 5 heterocycles. The van der Waals surface area contributed by atoms with Gasteiger partial charge in [-0.3, -0.25) is 28.7 Å². The molecule has 5 aromatic rings. The van der Waals surface area contributed by atoms with Crippen molar-refractivity contribution in [1.29, 1.82) is 0 Å². The zero-order chi connectivity index (χ0) is 34.1. The van der Waals surface area contributed by atoms with Gasteiger partial charge in [0.15, 0.2) is 5.82 Å². The van der Waals surface area contributed by atoms with Crippen LogP contribution >= 0.6 is 0 Å². The fourth-order valence-electron chi connectivity index (χ4n) is 7.43. The molecule has 13 nitrogen and oxygen atoms in total. The molecule has 0 radical (unpaired) electrons. The number of rotatable bonds is 10. The average Bonchev–Trinajstić information content (AvgIpc) is 3.66. The zero-order valence-electron chi connectivity index (χ0n) is 27.6. The highest BCUT2D eigenvalue weighted by molar-refractivity contribution is 6.00. The van der Waals surface area contributed by atoms with Crippen molar-refractivity contribution in [3.05, 3.63) is 77.0 Å². The van der Waals surface area contributed by atoms with Crippen molar-refractivity contribution in [3.63, 3.8) is 0 Å². The number of anilines is 1. The topological polar surface area (TPSA) is 166 Å². The fraction of sp³-hybridized carbons (Fsp3) is 0.389. The Balaban J connectivity index is 0.952. The Morgan fingerprint density at radius 1 is 1.02 bits per heavy atom. The first-order valence-corrected chi connectivity index (χ1v) is 17.0. The number of phenolic OH excluding ortho intramolecular Hbond substituents is 1. The van der Waals surface area contributed by atoms with E-state index in [1.165, 1.54) is 0 Å². The third-order valence-electron chi connectivity index (χ3n) is 9.87. The first-order valence-electron chi connectivity index (χ1n) is 17.0. The van der Waals surface area contributed by atoms with Crippen molar-refractivity contribution in [1.82, 2.24) is 39.3 Å². The van der Waals surface area contributed by atoms with E-state index in [2.05, 4.69) is 31.6 Å². The number of piperidine rings is 2. The van der Waals surface area contributed by atoms with E-state index in [-0.39, 0.29) is 23.8 Å². The van der Waals surface area contributed by atoms with Crippen molar-refractivity contribution in [2.24, 2.45) is 13.0 Å². The van der Waals surface area contributed by atoms with Gasteiger partial charge in [-0.05, 0) is 87.4 Å². The minimum Gasteiger partial charge on any atom is -0.507 e. The monoisotopic (exact) mass is 663 g/mol. The number of aromatic nitrogens is 6. The van der Waals surface area contributed by atoms with Crippen LogP contribution in [0.25, 0.3) is 33.4 Å². The first kappa shape index (κ1) is 32.3. The molecule has 2 aliphatic heterocycles. The lowest BCUT2D eigenvalue weighted by Crippen LogP contribution is -2.44. The molecule has 2 fully saturated rings. The summed E-state index contributed by atoms with van der Waals surface area (Å²) < 4.78 is 5.17. The molecule has 49 heavy (non-hydrogen) atoms. The first-order chi connectivity index (χ1) is 23.8. The smallest absolute Gasteiger partial charge is 0.329 e. The fourth-order valence-corrected chi connectivity index (χ4v) is 7.43. The molecule has 0 spiro atoms. The number of unbranched alkanes of at least 4 members (excludes halogenated alkanes) is 1. The second-order valence-corrected chi connectivity index (χ2v) is 13.2. The number of hydrogen-bond acceptors (Lipinski definition) is 9. The lowest BCUT2D eigenvalue weighted by Gasteiger charge is -2.32. The molecule has 254 valence electrons. The van der Waals surface area contributed by atoms with Crippen molar-refractivity contribution in [3.8, 4) is 28.1 Å². The Hall–Kier alpha value is -5.30. The predicted molar refractivity (Wildman–Crippen MR) is 185 cm³/mol. The maximum atomic E-state index is 13.3. The van der Waals surface area contributed by atoms with Crippen LogP contribution in [0, 0.1) is 5.92 Å². The Kier molecular flexibility index (Phi) is 9.00. The molecule has 0 bridgehead atoms. The number of phenols is 1. The summed E-state index contributed by atoms with van der Waals surface area (Å²) in [6, 6.07) is 14.1. The van der Waals surface area contributed by atoms with E-state index in [4.69, 9.17) is 5.73 Å². The van der Waals surface area contributed by atoms with E-state index in [1.54, 1.807) is 40.6 Å². The van der Waals surface area contributed by atoms with Crippen molar-refractivity contribution >= 4 is 28.7 Å². The number of imide groups is 1. The van der Waals surface area contributed by atoms with E-state index >= 15 is 0 Å². The number of nitrogens with two attached hydrogens (primary N) is 1. The number of amides is 2. The summed E-state index contributed by atoms with van der Waals surface area (Å²) in [7, 11) is 1.75. The summed E-state index contributed by atoms with van der Waals surface area (Å²) >= 11 is 0. The van der Waals surface area contributed by atoms with Gasteiger partial charge < -0.3 is 15.7 Å². The van der Waals surface area contributed by atoms with Gasteiger partial charge in [-0.15, -0.1) is 10.2 Å². The van der Waals surface area contributed by atoms with Gasteiger partial charge >= 0.3 is 5.69 Å². The second-order valence-electron chi connectivity index (χ2n) is 13.2. The Morgan fingerprint density at radius 2 is 1.88 bits per heavy atom. The van der Waals surface area contributed by atoms with Crippen LogP contribution in [0.15, 0.2) is 65.7 Å². The minimum atomic E-state index is -0.682. The maximum absolute atomic E-state index is 13.3. The lowest BCUT2D eigenvalue weighted by atomic mass is 9.97. The van der Waals surface area contributed by atoms with Gasteiger partial charge in [-0.25, -0.2) is 4.79 Å². The van der Waals surface area contributed by atoms with Gasteiger partial charge in [0, 0.05) is 49.4 Å². The molecule has 0 saturated carbocycles. The Morgan fingerprint density at radius 3 is 2.71 bits per heavy atom. The third kappa shape index (κ3) is 6.58. The number of aromatic hydroxyl groups is 1. The Bertz CT molecular complexity index is 2080. The lowest BCUT2D eigenvalue weighted by molar-refractivity contribution is -0.135. The largest absolute Gasteiger partial charge is 0.507 e. The van der Waals surface area contributed by atoms with Crippen molar-refractivity contribution < 1.29 is 14.7 Å². The number of fused-ring (bicyclic) bond motifs is 1. The number of carbonyl (C=O) groups is 2. The molecule has 2 aromatic carbocycles.